The summed E-state index contributed by atoms with van der Waals surface area (Å²) in [5.74, 6) is 0.389. The van der Waals surface area contributed by atoms with Gasteiger partial charge in [0, 0.05) is 12.5 Å². The average molecular weight is 219 g/mol. The molecule has 4 nitrogen and oxygen atoms in total. The molecule has 0 unspecified atom stereocenters. The Morgan fingerprint density at radius 2 is 2.19 bits per heavy atom. The van der Waals surface area contributed by atoms with Crippen LogP contribution >= 0.6 is 0 Å². The molecule has 1 aliphatic carbocycles. The third-order valence-corrected chi connectivity index (χ3v) is 2.54. The van der Waals surface area contributed by atoms with Crippen LogP contribution in [0.4, 0.5) is 0 Å². The molecule has 84 valence electrons. The fourth-order valence-electron chi connectivity index (χ4n) is 1.77. The first-order valence-electron chi connectivity index (χ1n) is 5.12. The van der Waals surface area contributed by atoms with Crippen molar-refractivity contribution in [2.24, 2.45) is 5.16 Å². The van der Waals surface area contributed by atoms with Crippen LogP contribution in [-0.2, 0) is 16.1 Å². The van der Waals surface area contributed by atoms with E-state index in [-0.39, 0.29) is 0 Å². The van der Waals surface area contributed by atoms with E-state index in [1.807, 2.05) is 18.2 Å². The lowest BCUT2D eigenvalue weighted by Crippen LogP contribution is -1.99. The van der Waals surface area contributed by atoms with Gasteiger partial charge in [-0.2, -0.15) is 0 Å². The van der Waals surface area contributed by atoms with Gasteiger partial charge in [-0.15, -0.1) is 0 Å². The number of aryl methyl sites for hydroxylation is 1. The lowest BCUT2D eigenvalue weighted by atomic mass is 10.1. The molecular formula is C12H13NO3. The first kappa shape index (κ1) is 10.7. The number of carbonyl (C=O) groups is 1. The van der Waals surface area contributed by atoms with Gasteiger partial charge in [-0.25, -0.2) is 4.79 Å². The van der Waals surface area contributed by atoms with Crippen LogP contribution in [0.15, 0.2) is 23.4 Å². The van der Waals surface area contributed by atoms with Gasteiger partial charge in [0.15, 0.2) is 0 Å². The molecule has 0 aromatic heterocycles. The Kier molecular flexibility index (Phi) is 2.90. The summed E-state index contributed by atoms with van der Waals surface area (Å²) in [6.45, 7) is 1.34. The standard InChI is InChI=1S/C12H13NO3/c1-8(14)16-13-12-6-4-9-3-5-10(15-2)7-11(9)12/h3,5,7H,4,6H2,1-2H3/b13-12+. The molecule has 0 aliphatic heterocycles. The fraction of sp³-hybridized carbons (Fsp3) is 0.333. The van der Waals surface area contributed by atoms with E-state index in [4.69, 9.17) is 4.74 Å². The molecule has 0 fully saturated rings. The van der Waals surface area contributed by atoms with E-state index in [2.05, 4.69) is 9.99 Å². The molecule has 0 amide bonds. The first-order chi connectivity index (χ1) is 7.70. The van der Waals surface area contributed by atoms with E-state index in [0.29, 0.717) is 0 Å². The van der Waals surface area contributed by atoms with Crippen LogP contribution in [0.1, 0.15) is 24.5 Å². The van der Waals surface area contributed by atoms with Crippen LogP contribution in [-0.4, -0.2) is 18.8 Å². The van der Waals surface area contributed by atoms with Crippen molar-refractivity contribution in [3.05, 3.63) is 29.3 Å². The quantitative estimate of drug-likeness (QED) is 0.564. The summed E-state index contributed by atoms with van der Waals surface area (Å²) >= 11 is 0. The summed E-state index contributed by atoms with van der Waals surface area (Å²) in [5, 5.41) is 3.85. The van der Waals surface area contributed by atoms with Crippen LogP contribution in [0.25, 0.3) is 0 Å². The zero-order valence-electron chi connectivity index (χ0n) is 9.32. The molecule has 0 atom stereocenters. The molecule has 0 radical (unpaired) electrons. The minimum absolute atomic E-state index is 0.399. The molecule has 4 heteroatoms. The van der Waals surface area contributed by atoms with Gasteiger partial charge in [-0.1, -0.05) is 11.2 Å². The number of fused-ring (bicyclic) bond motifs is 1. The Hall–Kier alpha value is -1.84. The Labute approximate surface area is 93.9 Å². The average Bonchev–Trinajstić information content (AvgIpc) is 2.68. The van der Waals surface area contributed by atoms with Gasteiger partial charge in [0.1, 0.15) is 5.75 Å². The predicted octanol–water partition coefficient (Wildman–Crippen LogP) is 1.91. The molecule has 2 rings (SSSR count). The highest BCUT2D eigenvalue weighted by Gasteiger charge is 2.19. The monoisotopic (exact) mass is 219 g/mol. The molecule has 0 spiro atoms. The van der Waals surface area contributed by atoms with Crippen LogP contribution in [0.5, 0.6) is 5.75 Å². The van der Waals surface area contributed by atoms with Crippen molar-refractivity contribution in [1.29, 1.82) is 0 Å². The van der Waals surface area contributed by atoms with E-state index in [1.165, 1.54) is 12.5 Å². The Morgan fingerprint density at radius 3 is 2.88 bits per heavy atom. The Balaban J connectivity index is 2.30. The number of benzene rings is 1. The summed E-state index contributed by atoms with van der Waals surface area (Å²) in [5.41, 5.74) is 3.04. The largest absolute Gasteiger partial charge is 0.497 e. The van der Waals surface area contributed by atoms with Gasteiger partial charge in [0.05, 0.1) is 12.8 Å². The third kappa shape index (κ3) is 2.05. The molecule has 0 bridgehead atoms. The minimum Gasteiger partial charge on any atom is -0.497 e. The summed E-state index contributed by atoms with van der Waals surface area (Å²) < 4.78 is 5.15. The summed E-state index contributed by atoms with van der Waals surface area (Å²) in [6, 6.07) is 5.86. The third-order valence-electron chi connectivity index (χ3n) is 2.54. The maximum absolute atomic E-state index is 10.7. The van der Waals surface area contributed by atoms with Crippen molar-refractivity contribution in [3.63, 3.8) is 0 Å². The zero-order valence-corrected chi connectivity index (χ0v) is 9.32. The van der Waals surface area contributed by atoms with Gasteiger partial charge in [-0.3, -0.25) is 0 Å². The van der Waals surface area contributed by atoms with Crippen LogP contribution in [0.3, 0.4) is 0 Å². The topological polar surface area (TPSA) is 47.9 Å². The van der Waals surface area contributed by atoms with Crippen molar-refractivity contribution < 1.29 is 14.4 Å². The lowest BCUT2D eigenvalue weighted by molar-refractivity contribution is -0.140. The molecule has 0 saturated heterocycles. The van der Waals surface area contributed by atoms with Crippen LogP contribution < -0.4 is 4.74 Å². The first-order valence-corrected chi connectivity index (χ1v) is 5.12. The zero-order chi connectivity index (χ0) is 11.5. The molecule has 0 heterocycles. The summed E-state index contributed by atoms with van der Waals surface area (Å²) in [7, 11) is 1.62. The summed E-state index contributed by atoms with van der Waals surface area (Å²) in [6.07, 6.45) is 1.73. The summed E-state index contributed by atoms with van der Waals surface area (Å²) in [4.78, 5) is 15.3. The number of methoxy groups -OCH3 is 1. The van der Waals surface area contributed by atoms with Gasteiger partial charge in [0.25, 0.3) is 0 Å². The van der Waals surface area contributed by atoms with Crippen molar-refractivity contribution in [2.45, 2.75) is 19.8 Å². The van der Waals surface area contributed by atoms with Gasteiger partial charge in [-0.05, 0) is 30.5 Å². The highest BCUT2D eigenvalue weighted by Crippen LogP contribution is 2.26. The number of ether oxygens (including phenoxy) is 1. The number of nitrogens with zero attached hydrogens (tertiary/aromatic N) is 1. The highest BCUT2D eigenvalue weighted by atomic mass is 16.7. The molecular weight excluding hydrogens is 206 g/mol. The van der Waals surface area contributed by atoms with Crippen molar-refractivity contribution in [1.82, 2.24) is 0 Å². The number of hydrogen-bond acceptors (Lipinski definition) is 4. The van der Waals surface area contributed by atoms with Gasteiger partial charge in [0.2, 0.25) is 0 Å². The Morgan fingerprint density at radius 1 is 1.38 bits per heavy atom. The Bertz CT molecular complexity index is 452. The minimum atomic E-state index is -0.399. The van der Waals surface area contributed by atoms with Crippen molar-refractivity contribution in [3.8, 4) is 5.75 Å². The second kappa shape index (κ2) is 4.35. The van der Waals surface area contributed by atoms with Crippen molar-refractivity contribution in [2.75, 3.05) is 7.11 Å². The molecule has 0 N–H and O–H groups in total. The maximum atomic E-state index is 10.7. The second-order valence-electron chi connectivity index (χ2n) is 3.64. The fourth-order valence-corrected chi connectivity index (χ4v) is 1.77. The predicted molar refractivity (Wildman–Crippen MR) is 59.6 cm³/mol. The van der Waals surface area contributed by atoms with E-state index in [9.17, 15) is 4.79 Å². The smallest absolute Gasteiger partial charge is 0.331 e. The molecule has 1 aromatic carbocycles. The van der Waals surface area contributed by atoms with Gasteiger partial charge < -0.3 is 9.57 Å². The number of hydrogen-bond donors (Lipinski definition) is 0. The van der Waals surface area contributed by atoms with Crippen LogP contribution in [0.2, 0.25) is 0 Å². The highest BCUT2D eigenvalue weighted by molar-refractivity contribution is 6.04. The van der Waals surface area contributed by atoms with Crippen LogP contribution in [0, 0.1) is 0 Å². The van der Waals surface area contributed by atoms with E-state index >= 15 is 0 Å². The normalized spacial score (nSPS) is 16.0. The molecule has 1 aliphatic rings. The maximum Gasteiger partial charge on any atom is 0.331 e. The SMILES string of the molecule is COc1ccc2c(c1)/C(=N/OC(C)=O)CC2. The lowest BCUT2D eigenvalue weighted by Gasteiger charge is -2.03. The molecule has 16 heavy (non-hydrogen) atoms. The number of rotatable bonds is 2. The van der Waals surface area contributed by atoms with E-state index < -0.39 is 5.97 Å². The number of carbonyl (C=O) groups excluding carboxylic acids is 1. The van der Waals surface area contributed by atoms with E-state index in [0.717, 1.165) is 29.9 Å². The van der Waals surface area contributed by atoms with E-state index in [1.54, 1.807) is 7.11 Å². The van der Waals surface area contributed by atoms with Crippen molar-refractivity contribution >= 4 is 11.7 Å². The van der Waals surface area contributed by atoms with Gasteiger partial charge >= 0.3 is 5.97 Å². The second-order valence-corrected chi connectivity index (χ2v) is 3.64. The molecule has 0 saturated carbocycles. The number of oxime groups is 1. The molecule has 1 aromatic rings.